The maximum absolute atomic E-state index is 5.63. The molecular formula is C16H27N3O2. The second kappa shape index (κ2) is 12.2. The maximum atomic E-state index is 5.63. The molecule has 0 aliphatic rings. The molecule has 0 radical (unpaired) electrons. The van der Waals surface area contributed by atoms with Gasteiger partial charge in [0, 0.05) is 33.4 Å². The summed E-state index contributed by atoms with van der Waals surface area (Å²) in [4.78, 5) is 4.47. The minimum absolute atomic E-state index is 0.643. The molecule has 0 saturated heterocycles. The second-order valence-electron chi connectivity index (χ2n) is 4.57. The molecule has 5 nitrogen and oxygen atoms in total. The molecule has 2 N–H and O–H groups in total. The smallest absolute Gasteiger partial charge is 0.191 e. The first-order valence-electron chi connectivity index (χ1n) is 7.49. The summed E-state index contributed by atoms with van der Waals surface area (Å²) in [7, 11) is 1.71. The zero-order valence-electron chi connectivity index (χ0n) is 13.1. The van der Waals surface area contributed by atoms with Crippen LogP contribution in [0.4, 0.5) is 0 Å². The molecule has 0 aliphatic carbocycles. The van der Waals surface area contributed by atoms with Crippen LogP contribution in [0.15, 0.2) is 35.3 Å². The number of nitrogens with one attached hydrogen (secondary N) is 2. The van der Waals surface area contributed by atoms with Crippen LogP contribution in [0, 0.1) is 0 Å². The Labute approximate surface area is 127 Å². The number of rotatable bonds is 10. The fourth-order valence-corrected chi connectivity index (χ4v) is 1.75. The van der Waals surface area contributed by atoms with Gasteiger partial charge in [-0.15, -0.1) is 0 Å². The summed E-state index contributed by atoms with van der Waals surface area (Å²) in [6.07, 6.45) is 0.928. The summed E-state index contributed by atoms with van der Waals surface area (Å²) in [6, 6.07) is 10.2. The summed E-state index contributed by atoms with van der Waals surface area (Å²) < 4.78 is 10.6. The van der Waals surface area contributed by atoms with Crippen LogP contribution in [-0.4, -0.2) is 45.9 Å². The van der Waals surface area contributed by atoms with Crippen molar-refractivity contribution in [3.05, 3.63) is 35.9 Å². The topological polar surface area (TPSA) is 54.9 Å². The Morgan fingerprint density at radius 1 is 1.14 bits per heavy atom. The van der Waals surface area contributed by atoms with Crippen LogP contribution in [0.1, 0.15) is 18.9 Å². The average Bonchev–Trinajstić information content (AvgIpc) is 2.52. The molecule has 1 rings (SSSR count). The standard InChI is InChI=1S/C16H27N3O2/c1-3-17-16(18-10-7-12-20-2)19-11-13-21-14-15-8-5-4-6-9-15/h4-6,8-9H,3,7,10-14H2,1-2H3,(H2,17,18,19). The van der Waals surface area contributed by atoms with Gasteiger partial charge in [0.2, 0.25) is 0 Å². The highest BCUT2D eigenvalue weighted by Crippen LogP contribution is 1.99. The summed E-state index contributed by atoms with van der Waals surface area (Å²) >= 11 is 0. The number of benzene rings is 1. The van der Waals surface area contributed by atoms with Gasteiger partial charge in [0.05, 0.1) is 13.2 Å². The van der Waals surface area contributed by atoms with Crippen LogP contribution < -0.4 is 10.6 Å². The highest BCUT2D eigenvalue weighted by molar-refractivity contribution is 5.79. The first kappa shape index (κ1) is 17.5. The van der Waals surface area contributed by atoms with Crippen LogP contribution in [0.3, 0.4) is 0 Å². The van der Waals surface area contributed by atoms with E-state index >= 15 is 0 Å². The minimum atomic E-state index is 0.643. The molecule has 0 aliphatic heterocycles. The number of methoxy groups -OCH3 is 1. The van der Waals surface area contributed by atoms with E-state index < -0.39 is 0 Å². The molecule has 1 aromatic carbocycles. The van der Waals surface area contributed by atoms with Crippen molar-refractivity contribution in [2.24, 2.45) is 4.99 Å². The van der Waals surface area contributed by atoms with Gasteiger partial charge >= 0.3 is 0 Å². The molecule has 0 bridgehead atoms. The van der Waals surface area contributed by atoms with Crippen molar-refractivity contribution in [2.75, 3.05) is 40.0 Å². The molecule has 5 heteroatoms. The minimum Gasteiger partial charge on any atom is -0.385 e. The molecule has 0 fully saturated rings. The Bertz CT molecular complexity index is 382. The number of ether oxygens (including phenoxy) is 2. The molecular weight excluding hydrogens is 266 g/mol. The number of aliphatic imine (C=N–C) groups is 1. The second-order valence-corrected chi connectivity index (χ2v) is 4.57. The quantitative estimate of drug-likeness (QED) is 0.392. The third-order valence-corrected chi connectivity index (χ3v) is 2.77. The Morgan fingerprint density at radius 2 is 1.95 bits per heavy atom. The van der Waals surface area contributed by atoms with E-state index in [0.717, 1.165) is 38.6 Å². The average molecular weight is 293 g/mol. The lowest BCUT2D eigenvalue weighted by molar-refractivity contribution is 0.125. The number of nitrogens with zero attached hydrogens (tertiary/aromatic N) is 1. The van der Waals surface area contributed by atoms with E-state index in [2.05, 4.69) is 34.7 Å². The SMILES string of the molecule is CCNC(=NCCCOC)NCCOCc1ccccc1. The van der Waals surface area contributed by atoms with Gasteiger partial charge in [-0.1, -0.05) is 30.3 Å². The fraction of sp³-hybridized carbons (Fsp3) is 0.562. The molecule has 0 spiro atoms. The van der Waals surface area contributed by atoms with E-state index in [-0.39, 0.29) is 0 Å². The number of hydrogen-bond acceptors (Lipinski definition) is 3. The fourth-order valence-electron chi connectivity index (χ4n) is 1.75. The number of guanidine groups is 1. The largest absolute Gasteiger partial charge is 0.385 e. The van der Waals surface area contributed by atoms with E-state index in [1.807, 2.05) is 18.2 Å². The summed E-state index contributed by atoms with van der Waals surface area (Å²) in [5.74, 6) is 0.830. The zero-order valence-corrected chi connectivity index (χ0v) is 13.1. The molecule has 0 saturated carbocycles. The predicted molar refractivity (Wildman–Crippen MR) is 86.6 cm³/mol. The van der Waals surface area contributed by atoms with E-state index in [9.17, 15) is 0 Å². The predicted octanol–water partition coefficient (Wildman–Crippen LogP) is 1.79. The Kier molecular flexibility index (Phi) is 10.1. The molecule has 21 heavy (non-hydrogen) atoms. The lowest BCUT2D eigenvalue weighted by atomic mass is 10.2. The van der Waals surface area contributed by atoms with Crippen LogP contribution in [0.25, 0.3) is 0 Å². The Balaban J connectivity index is 2.14. The van der Waals surface area contributed by atoms with Crippen molar-refractivity contribution in [1.29, 1.82) is 0 Å². The molecule has 0 heterocycles. The molecule has 0 atom stereocenters. The van der Waals surface area contributed by atoms with Crippen LogP contribution in [0.2, 0.25) is 0 Å². The molecule has 118 valence electrons. The van der Waals surface area contributed by atoms with Gasteiger partial charge in [-0.2, -0.15) is 0 Å². The highest BCUT2D eigenvalue weighted by atomic mass is 16.5. The maximum Gasteiger partial charge on any atom is 0.191 e. The van der Waals surface area contributed by atoms with Crippen LogP contribution in [-0.2, 0) is 16.1 Å². The normalized spacial score (nSPS) is 11.4. The lowest BCUT2D eigenvalue weighted by Gasteiger charge is -2.11. The Hall–Kier alpha value is -1.59. The van der Waals surface area contributed by atoms with Crippen LogP contribution >= 0.6 is 0 Å². The van der Waals surface area contributed by atoms with Crippen molar-refractivity contribution in [3.63, 3.8) is 0 Å². The van der Waals surface area contributed by atoms with Gasteiger partial charge in [-0.05, 0) is 18.9 Å². The van der Waals surface area contributed by atoms with E-state index in [4.69, 9.17) is 9.47 Å². The highest BCUT2D eigenvalue weighted by Gasteiger charge is 1.97. The lowest BCUT2D eigenvalue weighted by Crippen LogP contribution is -2.39. The van der Waals surface area contributed by atoms with Crippen LogP contribution in [0.5, 0.6) is 0 Å². The third-order valence-electron chi connectivity index (χ3n) is 2.77. The summed E-state index contributed by atoms with van der Waals surface area (Å²) in [6.45, 7) is 6.43. The summed E-state index contributed by atoms with van der Waals surface area (Å²) in [5.41, 5.74) is 1.19. The van der Waals surface area contributed by atoms with Crippen molar-refractivity contribution in [1.82, 2.24) is 10.6 Å². The first-order valence-corrected chi connectivity index (χ1v) is 7.49. The van der Waals surface area contributed by atoms with Crippen molar-refractivity contribution in [3.8, 4) is 0 Å². The first-order chi connectivity index (χ1) is 10.4. The van der Waals surface area contributed by atoms with Gasteiger partial charge in [0.15, 0.2) is 5.96 Å². The van der Waals surface area contributed by atoms with Crippen molar-refractivity contribution in [2.45, 2.75) is 20.0 Å². The van der Waals surface area contributed by atoms with Gasteiger partial charge in [-0.25, -0.2) is 0 Å². The Morgan fingerprint density at radius 3 is 2.67 bits per heavy atom. The summed E-state index contributed by atoms with van der Waals surface area (Å²) in [5, 5.41) is 6.47. The molecule has 0 unspecified atom stereocenters. The van der Waals surface area contributed by atoms with E-state index in [1.165, 1.54) is 5.56 Å². The van der Waals surface area contributed by atoms with Gasteiger partial charge in [0.25, 0.3) is 0 Å². The van der Waals surface area contributed by atoms with Gasteiger partial charge in [0.1, 0.15) is 0 Å². The number of hydrogen-bond donors (Lipinski definition) is 2. The zero-order chi connectivity index (χ0) is 15.2. The van der Waals surface area contributed by atoms with Gasteiger partial charge < -0.3 is 20.1 Å². The van der Waals surface area contributed by atoms with E-state index in [0.29, 0.717) is 13.2 Å². The molecule has 1 aromatic rings. The van der Waals surface area contributed by atoms with Gasteiger partial charge in [-0.3, -0.25) is 4.99 Å². The monoisotopic (exact) mass is 293 g/mol. The van der Waals surface area contributed by atoms with E-state index in [1.54, 1.807) is 7.11 Å². The van der Waals surface area contributed by atoms with Crippen molar-refractivity contribution >= 4 is 5.96 Å². The molecule has 0 aromatic heterocycles. The van der Waals surface area contributed by atoms with Crippen molar-refractivity contribution < 1.29 is 9.47 Å². The third kappa shape index (κ3) is 9.05. The molecule has 0 amide bonds.